The Balaban J connectivity index is 1.61. The second-order valence-corrected chi connectivity index (χ2v) is 6.74. The van der Waals surface area contributed by atoms with Gasteiger partial charge in [-0.25, -0.2) is 0 Å². The van der Waals surface area contributed by atoms with Gasteiger partial charge in [-0.3, -0.25) is 9.59 Å². The van der Waals surface area contributed by atoms with Crippen LogP contribution in [0.15, 0.2) is 53.0 Å². The summed E-state index contributed by atoms with van der Waals surface area (Å²) >= 11 is 3.45. The Morgan fingerprint density at radius 2 is 1.96 bits per heavy atom. The van der Waals surface area contributed by atoms with Crippen molar-refractivity contribution in [2.75, 3.05) is 11.4 Å². The largest absolute Gasteiger partial charge is 0.352 e. The molecule has 0 aliphatic carbocycles. The lowest BCUT2D eigenvalue weighted by Crippen LogP contribution is -2.32. The van der Waals surface area contributed by atoms with Gasteiger partial charge < -0.3 is 10.2 Å². The zero-order chi connectivity index (χ0) is 17.8. The number of carbonyl (C=O) groups is 2. The molecule has 1 heterocycles. The van der Waals surface area contributed by atoms with Crippen LogP contribution in [0.3, 0.4) is 0 Å². The summed E-state index contributed by atoms with van der Waals surface area (Å²) in [4.78, 5) is 26.3. The molecule has 2 aromatic rings. The van der Waals surface area contributed by atoms with Crippen molar-refractivity contribution in [3.8, 4) is 6.07 Å². The zero-order valence-corrected chi connectivity index (χ0v) is 15.0. The van der Waals surface area contributed by atoms with Gasteiger partial charge in [-0.15, -0.1) is 0 Å². The van der Waals surface area contributed by atoms with Crippen LogP contribution < -0.4 is 10.2 Å². The molecule has 5 nitrogen and oxygen atoms in total. The van der Waals surface area contributed by atoms with Gasteiger partial charge in [0.05, 0.1) is 23.2 Å². The maximum Gasteiger partial charge on any atom is 0.227 e. The molecule has 25 heavy (non-hydrogen) atoms. The number of rotatable bonds is 4. The third-order valence-electron chi connectivity index (χ3n) is 4.19. The molecule has 1 fully saturated rings. The minimum absolute atomic E-state index is 0.0505. The van der Waals surface area contributed by atoms with Gasteiger partial charge in [0.25, 0.3) is 0 Å². The van der Waals surface area contributed by atoms with Crippen LogP contribution in [0.5, 0.6) is 0 Å². The van der Waals surface area contributed by atoms with Gasteiger partial charge >= 0.3 is 0 Å². The van der Waals surface area contributed by atoms with E-state index in [0.29, 0.717) is 18.7 Å². The van der Waals surface area contributed by atoms with Gasteiger partial charge in [0.1, 0.15) is 0 Å². The number of nitriles is 1. The summed E-state index contributed by atoms with van der Waals surface area (Å²) < 4.78 is 0.835. The lowest BCUT2D eigenvalue weighted by molar-refractivity contribution is -0.126. The molecule has 1 saturated heterocycles. The molecular formula is C19H16BrN3O2. The van der Waals surface area contributed by atoms with Gasteiger partial charge in [-0.05, 0) is 45.8 Å². The number of halogens is 1. The minimum atomic E-state index is -0.363. The van der Waals surface area contributed by atoms with Crippen LogP contribution in [0.25, 0.3) is 0 Å². The van der Waals surface area contributed by atoms with Crippen LogP contribution >= 0.6 is 15.9 Å². The van der Waals surface area contributed by atoms with Crippen molar-refractivity contribution in [1.29, 1.82) is 5.26 Å². The van der Waals surface area contributed by atoms with Crippen molar-refractivity contribution in [1.82, 2.24) is 5.32 Å². The van der Waals surface area contributed by atoms with E-state index in [1.165, 1.54) is 0 Å². The summed E-state index contributed by atoms with van der Waals surface area (Å²) in [5.41, 5.74) is 2.29. The minimum Gasteiger partial charge on any atom is -0.352 e. The van der Waals surface area contributed by atoms with E-state index < -0.39 is 0 Å². The van der Waals surface area contributed by atoms with Gasteiger partial charge in [-0.2, -0.15) is 5.26 Å². The van der Waals surface area contributed by atoms with Crippen molar-refractivity contribution in [2.45, 2.75) is 13.0 Å². The monoisotopic (exact) mass is 397 g/mol. The zero-order valence-electron chi connectivity index (χ0n) is 13.4. The number of hydrogen-bond acceptors (Lipinski definition) is 3. The molecular weight excluding hydrogens is 382 g/mol. The van der Waals surface area contributed by atoms with Crippen molar-refractivity contribution in [3.05, 3.63) is 64.1 Å². The van der Waals surface area contributed by atoms with Crippen LogP contribution in [0, 0.1) is 17.2 Å². The Kier molecular flexibility index (Phi) is 5.15. The summed E-state index contributed by atoms with van der Waals surface area (Å²) in [5.74, 6) is -0.546. The van der Waals surface area contributed by atoms with Crippen LogP contribution in [0.1, 0.15) is 17.5 Å². The fourth-order valence-corrected chi connectivity index (χ4v) is 3.32. The predicted octanol–water partition coefficient (Wildman–Crippen LogP) is 2.99. The van der Waals surface area contributed by atoms with Gasteiger partial charge in [0, 0.05) is 24.0 Å². The van der Waals surface area contributed by atoms with Crippen LogP contribution in [0.4, 0.5) is 5.69 Å². The Labute approximate surface area is 154 Å². The maximum absolute atomic E-state index is 12.4. The highest BCUT2D eigenvalue weighted by Crippen LogP contribution is 2.31. The number of nitrogens with one attached hydrogen (secondary N) is 1. The highest BCUT2D eigenvalue weighted by atomic mass is 79.9. The molecule has 2 amide bonds. The number of para-hydroxylation sites is 1. The fraction of sp³-hybridized carbons (Fsp3) is 0.211. The number of benzene rings is 2. The first-order valence-electron chi connectivity index (χ1n) is 7.90. The van der Waals surface area contributed by atoms with E-state index in [1.807, 2.05) is 36.4 Å². The molecule has 0 bridgehead atoms. The van der Waals surface area contributed by atoms with Crippen LogP contribution in [-0.4, -0.2) is 18.4 Å². The molecule has 0 radical (unpaired) electrons. The first kappa shape index (κ1) is 17.2. The fourth-order valence-electron chi connectivity index (χ4n) is 2.82. The van der Waals surface area contributed by atoms with Gasteiger partial charge in [-0.1, -0.05) is 24.3 Å². The topological polar surface area (TPSA) is 73.2 Å². The molecule has 1 N–H and O–H groups in total. The molecule has 3 rings (SSSR count). The Morgan fingerprint density at radius 1 is 1.24 bits per heavy atom. The second-order valence-electron chi connectivity index (χ2n) is 5.88. The van der Waals surface area contributed by atoms with E-state index in [0.717, 1.165) is 15.7 Å². The van der Waals surface area contributed by atoms with E-state index in [-0.39, 0.29) is 24.2 Å². The van der Waals surface area contributed by atoms with E-state index in [2.05, 4.69) is 27.3 Å². The van der Waals surface area contributed by atoms with Crippen LogP contribution in [0.2, 0.25) is 0 Å². The van der Waals surface area contributed by atoms with Gasteiger partial charge in [0.2, 0.25) is 11.8 Å². The van der Waals surface area contributed by atoms with E-state index in [1.54, 1.807) is 17.0 Å². The Morgan fingerprint density at radius 3 is 2.64 bits per heavy atom. The van der Waals surface area contributed by atoms with Crippen molar-refractivity contribution < 1.29 is 9.59 Å². The number of anilines is 1. The van der Waals surface area contributed by atoms with Crippen molar-refractivity contribution in [3.63, 3.8) is 0 Å². The lowest BCUT2D eigenvalue weighted by Gasteiger charge is -2.18. The highest BCUT2D eigenvalue weighted by molar-refractivity contribution is 9.10. The standard InChI is InChI=1S/C19H16BrN3O2/c20-16-3-1-2-4-17(16)23-12-15(9-18(23)24)19(25)22-11-14-7-5-13(10-21)6-8-14/h1-8,15H,9,11-12H2,(H,22,25). The molecule has 1 aliphatic heterocycles. The predicted molar refractivity (Wildman–Crippen MR) is 97.6 cm³/mol. The third-order valence-corrected chi connectivity index (χ3v) is 4.86. The first-order chi connectivity index (χ1) is 12.1. The Bertz CT molecular complexity index is 842. The molecule has 2 aromatic carbocycles. The molecule has 1 atom stereocenters. The third kappa shape index (κ3) is 3.89. The Hall–Kier alpha value is -2.65. The number of hydrogen-bond donors (Lipinski definition) is 1. The summed E-state index contributed by atoms with van der Waals surface area (Å²) in [5, 5.41) is 11.7. The smallest absolute Gasteiger partial charge is 0.227 e. The molecule has 0 aromatic heterocycles. The first-order valence-corrected chi connectivity index (χ1v) is 8.69. The molecule has 1 aliphatic rings. The van der Waals surface area contributed by atoms with E-state index >= 15 is 0 Å². The van der Waals surface area contributed by atoms with Crippen molar-refractivity contribution in [2.24, 2.45) is 5.92 Å². The SMILES string of the molecule is N#Cc1ccc(CNC(=O)C2CC(=O)N(c3ccccc3Br)C2)cc1. The average Bonchev–Trinajstić information content (AvgIpc) is 3.02. The lowest BCUT2D eigenvalue weighted by atomic mass is 10.1. The summed E-state index contributed by atoms with van der Waals surface area (Å²) in [6.07, 6.45) is 0.209. The van der Waals surface area contributed by atoms with Gasteiger partial charge in [0.15, 0.2) is 0 Å². The average molecular weight is 398 g/mol. The number of amides is 2. The molecule has 0 spiro atoms. The quantitative estimate of drug-likeness (QED) is 0.861. The maximum atomic E-state index is 12.4. The highest BCUT2D eigenvalue weighted by Gasteiger charge is 2.35. The normalized spacial score (nSPS) is 16.6. The molecule has 0 saturated carbocycles. The number of nitrogens with zero attached hydrogens (tertiary/aromatic N) is 2. The van der Waals surface area contributed by atoms with E-state index in [4.69, 9.17) is 5.26 Å². The molecule has 126 valence electrons. The summed E-state index contributed by atoms with van der Waals surface area (Å²) in [6.45, 7) is 0.755. The molecule has 6 heteroatoms. The van der Waals surface area contributed by atoms with Crippen molar-refractivity contribution >= 4 is 33.4 Å². The van der Waals surface area contributed by atoms with Crippen LogP contribution in [-0.2, 0) is 16.1 Å². The summed E-state index contributed by atoms with van der Waals surface area (Å²) in [6, 6.07) is 16.6. The number of carbonyl (C=O) groups excluding carboxylic acids is 2. The second kappa shape index (κ2) is 7.49. The van der Waals surface area contributed by atoms with E-state index in [9.17, 15) is 9.59 Å². The summed E-state index contributed by atoms with van der Waals surface area (Å²) in [7, 11) is 0. The molecule has 1 unspecified atom stereocenters.